The second-order valence-electron chi connectivity index (χ2n) is 2.81. The van der Waals surface area contributed by atoms with Crippen LogP contribution in [0, 0.1) is 0 Å². The summed E-state index contributed by atoms with van der Waals surface area (Å²) in [4.78, 5) is 32.7. The molecule has 16 heavy (non-hydrogen) atoms. The number of amides is 1. The number of nitrogens with two attached hydrogens (primary N) is 1. The van der Waals surface area contributed by atoms with Crippen LogP contribution in [0.2, 0.25) is 0 Å². The minimum atomic E-state index is -1.60. The number of hydrogen-bond donors (Lipinski definition) is 4. The molecule has 0 spiro atoms. The van der Waals surface area contributed by atoms with E-state index in [0.29, 0.717) is 0 Å². The fourth-order valence-corrected chi connectivity index (χ4v) is 0.786. The minimum absolute atomic E-state index is 0.0577. The average molecular weight is 234 g/mol. The zero-order valence-corrected chi connectivity index (χ0v) is 8.67. The van der Waals surface area contributed by atoms with Crippen LogP contribution >= 0.6 is 0 Å². The fourth-order valence-electron chi connectivity index (χ4n) is 0.786. The highest BCUT2D eigenvalue weighted by molar-refractivity contribution is 6.02. The SMILES string of the molecule is CCOC(=O)C(N)C(=O)N[C@H](CO)C(=O)O. The molecule has 0 aliphatic carbocycles. The molecule has 0 heterocycles. The third-order valence-corrected chi connectivity index (χ3v) is 1.62. The molecule has 92 valence electrons. The van der Waals surface area contributed by atoms with E-state index in [0.717, 1.165) is 0 Å². The van der Waals surface area contributed by atoms with Crippen molar-refractivity contribution in [3.05, 3.63) is 0 Å². The Morgan fingerprint density at radius 2 is 2.00 bits per heavy atom. The van der Waals surface area contributed by atoms with E-state index in [2.05, 4.69) is 4.74 Å². The highest BCUT2D eigenvalue weighted by atomic mass is 16.5. The number of esters is 1. The Hall–Kier alpha value is -1.67. The quantitative estimate of drug-likeness (QED) is 0.293. The zero-order chi connectivity index (χ0) is 12.7. The zero-order valence-electron chi connectivity index (χ0n) is 8.67. The van der Waals surface area contributed by atoms with Crippen LogP contribution in [0.4, 0.5) is 0 Å². The summed E-state index contributed by atoms with van der Waals surface area (Å²) in [5.74, 6) is -3.39. The van der Waals surface area contributed by atoms with Gasteiger partial charge in [-0.15, -0.1) is 0 Å². The van der Waals surface area contributed by atoms with Gasteiger partial charge in [0.25, 0.3) is 0 Å². The highest BCUT2D eigenvalue weighted by Crippen LogP contribution is 1.89. The van der Waals surface area contributed by atoms with E-state index in [1.165, 1.54) is 6.92 Å². The molecular formula is C8H14N2O6. The molecule has 0 aromatic heterocycles. The Labute approximate surface area is 91.4 Å². The molecular weight excluding hydrogens is 220 g/mol. The summed E-state index contributed by atoms with van der Waals surface area (Å²) in [6, 6.07) is -3.10. The van der Waals surface area contributed by atoms with Crippen molar-refractivity contribution in [1.82, 2.24) is 5.32 Å². The normalized spacial score (nSPS) is 13.7. The lowest BCUT2D eigenvalue weighted by Gasteiger charge is -2.14. The first-order valence-corrected chi connectivity index (χ1v) is 4.50. The third-order valence-electron chi connectivity index (χ3n) is 1.62. The Kier molecular flexibility index (Phi) is 6.04. The summed E-state index contributed by atoms with van der Waals surface area (Å²) in [6.45, 7) is 0.801. The summed E-state index contributed by atoms with van der Waals surface area (Å²) < 4.78 is 4.47. The van der Waals surface area contributed by atoms with Crippen LogP contribution in [-0.2, 0) is 19.1 Å². The highest BCUT2D eigenvalue weighted by Gasteiger charge is 2.27. The van der Waals surface area contributed by atoms with Crippen molar-refractivity contribution < 1.29 is 29.3 Å². The van der Waals surface area contributed by atoms with Gasteiger partial charge < -0.3 is 26.0 Å². The predicted octanol–water partition coefficient (Wildman–Crippen LogP) is -2.56. The van der Waals surface area contributed by atoms with Gasteiger partial charge in [-0.1, -0.05) is 0 Å². The monoisotopic (exact) mass is 234 g/mol. The molecule has 0 saturated heterocycles. The van der Waals surface area contributed by atoms with Crippen LogP contribution in [0.1, 0.15) is 6.92 Å². The van der Waals surface area contributed by atoms with Gasteiger partial charge >= 0.3 is 11.9 Å². The van der Waals surface area contributed by atoms with E-state index in [1.54, 1.807) is 0 Å². The number of aliphatic hydroxyl groups excluding tert-OH is 1. The topological polar surface area (TPSA) is 139 Å². The van der Waals surface area contributed by atoms with Gasteiger partial charge in [0.2, 0.25) is 5.91 Å². The second kappa shape index (κ2) is 6.75. The first-order valence-electron chi connectivity index (χ1n) is 4.50. The molecule has 0 bridgehead atoms. The van der Waals surface area contributed by atoms with Gasteiger partial charge in [-0.05, 0) is 6.92 Å². The molecule has 0 aromatic carbocycles. The largest absolute Gasteiger partial charge is 0.480 e. The van der Waals surface area contributed by atoms with Gasteiger partial charge in [0.15, 0.2) is 6.04 Å². The molecule has 0 radical (unpaired) electrons. The maximum atomic E-state index is 11.2. The molecule has 1 amide bonds. The number of aliphatic hydroxyl groups is 1. The van der Waals surface area contributed by atoms with Gasteiger partial charge in [0.05, 0.1) is 13.2 Å². The van der Waals surface area contributed by atoms with E-state index < -0.39 is 36.5 Å². The first-order chi connectivity index (χ1) is 7.43. The summed E-state index contributed by atoms with van der Waals surface area (Å²) >= 11 is 0. The number of aliphatic carboxylic acids is 1. The van der Waals surface area contributed by atoms with Crippen LogP contribution < -0.4 is 11.1 Å². The van der Waals surface area contributed by atoms with Crippen molar-refractivity contribution in [2.45, 2.75) is 19.0 Å². The van der Waals surface area contributed by atoms with E-state index in [4.69, 9.17) is 15.9 Å². The second-order valence-corrected chi connectivity index (χ2v) is 2.81. The van der Waals surface area contributed by atoms with E-state index in [9.17, 15) is 14.4 Å². The summed E-state index contributed by atoms with van der Waals surface area (Å²) in [5, 5.41) is 19.0. The number of hydrogen-bond acceptors (Lipinski definition) is 6. The molecule has 0 fully saturated rings. The molecule has 0 aromatic rings. The lowest BCUT2D eigenvalue weighted by Crippen LogP contribution is -2.53. The molecule has 8 heteroatoms. The molecule has 0 aliphatic rings. The standard InChI is InChI=1S/C8H14N2O6/c1-2-16-8(15)5(9)6(12)10-4(3-11)7(13)14/h4-5,11H,2-3,9H2,1H3,(H,10,12)(H,13,14)/t4-,5?/m1/s1. The Morgan fingerprint density at radius 3 is 2.38 bits per heavy atom. The van der Waals surface area contributed by atoms with Crippen LogP contribution in [0.25, 0.3) is 0 Å². The van der Waals surface area contributed by atoms with Crippen LogP contribution in [0.5, 0.6) is 0 Å². The summed E-state index contributed by atoms with van der Waals surface area (Å²) in [7, 11) is 0. The average Bonchev–Trinajstić information content (AvgIpc) is 2.24. The number of ether oxygens (including phenoxy) is 1. The molecule has 2 atom stereocenters. The Balaban J connectivity index is 4.34. The van der Waals surface area contributed by atoms with Crippen molar-refractivity contribution in [2.75, 3.05) is 13.2 Å². The lowest BCUT2D eigenvalue weighted by atomic mass is 10.2. The van der Waals surface area contributed by atoms with Crippen LogP contribution in [0.3, 0.4) is 0 Å². The van der Waals surface area contributed by atoms with E-state index >= 15 is 0 Å². The molecule has 8 nitrogen and oxygen atoms in total. The molecule has 5 N–H and O–H groups in total. The fraction of sp³-hybridized carbons (Fsp3) is 0.625. The molecule has 0 rings (SSSR count). The van der Waals surface area contributed by atoms with Crippen molar-refractivity contribution >= 4 is 17.8 Å². The van der Waals surface area contributed by atoms with Crippen molar-refractivity contribution in [1.29, 1.82) is 0 Å². The van der Waals surface area contributed by atoms with E-state index in [-0.39, 0.29) is 6.61 Å². The van der Waals surface area contributed by atoms with Crippen molar-refractivity contribution in [3.63, 3.8) is 0 Å². The molecule has 0 aliphatic heterocycles. The van der Waals surface area contributed by atoms with Gasteiger partial charge in [0.1, 0.15) is 6.04 Å². The predicted molar refractivity (Wildman–Crippen MR) is 51.3 cm³/mol. The summed E-state index contributed by atoms with van der Waals surface area (Å²) in [5.41, 5.74) is 5.19. The van der Waals surface area contributed by atoms with Gasteiger partial charge in [0, 0.05) is 0 Å². The van der Waals surface area contributed by atoms with Gasteiger partial charge in [-0.3, -0.25) is 4.79 Å². The molecule has 1 unspecified atom stereocenters. The van der Waals surface area contributed by atoms with Crippen LogP contribution in [0.15, 0.2) is 0 Å². The van der Waals surface area contributed by atoms with Crippen molar-refractivity contribution in [3.8, 4) is 0 Å². The number of rotatable bonds is 6. The Bertz CT molecular complexity index is 280. The maximum absolute atomic E-state index is 11.2. The number of carbonyl (C=O) groups excluding carboxylic acids is 2. The smallest absolute Gasteiger partial charge is 0.332 e. The number of carbonyl (C=O) groups is 3. The maximum Gasteiger partial charge on any atom is 0.332 e. The van der Waals surface area contributed by atoms with Gasteiger partial charge in [-0.25, -0.2) is 9.59 Å². The number of nitrogens with one attached hydrogen (secondary N) is 1. The number of carboxylic acids is 1. The Morgan fingerprint density at radius 1 is 1.44 bits per heavy atom. The minimum Gasteiger partial charge on any atom is -0.480 e. The third kappa shape index (κ3) is 4.24. The van der Waals surface area contributed by atoms with Crippen molar-refractivity contribution in [2.24, 2.45) is 5.73 Å². The van der Waals surface area contributed by atoms with Crippen LogP contribution in [-0.4, -0.2) is 53.4 Å². The lowest BCUT2D eigenvalue weighted by molar-refractivity contribution is -0.150. The molecule has 0 saturated carbocycles. The van der Waals surface area contributed by atoms with E-state index in [1.807, 2.05) is 5.32 Å². The van der Waals surface area contributed by atoms with Gasteiger partial charge in [-0.2, -0.15) is 0 Å². The number of carboxylic acid groups (broad SMARTS) is 1. The summed E-state index contributed by atoms with van der Waals surface area (Å²) in [6.07, 6.45) is 0. The first kappa shape index (κ1) is 14.3.